The van der Waals surface area contributed by atoms with Gasteiger partial charge in [-0.25, -0.2) is 9.59 Å². The zero-order valence-electron chi connectivity index (χ0n) is 16.2. The smallest absolute Gasteiger partial charge is 0.407 e. The highest BCUT2D eigenvalue weighted by Crippen LogP contribution is 2.01. The Labute approximate surface area is 170 Å². The maximum atomic E-state index is 11.8. The lowest BCUT2D eigenvalue weighted by molar-refractivity contribution is 0.0969. The van der Waals surface area contributed by atoms with Gasteiger partial charge in [-0.15, -0.1) is 0 Å². The lowest BCUT2D eigenvalue weighted by Gasteiger charge is -2.17. The summed E-state index contributed by atoms with van der Waals surface area (Å²) < 4.78 is 15.7. The van der Waals surface area contributed by atoms with Gasteiger partial charge in [0.1, 0.15) is 13.2 Å². The van der Waals surface area contributed by atoms with Crippen LogP contribution >= 0.6 is 0 Å². The minimum atomic E-state index is -0.560. The quantitative estimate of drug-likeness (QED) is 0.498. The van der Waals surface area contributed by atoms with Crippen LogP contribution in [-0.4, -0.2) is 44.5 Å². The van der Waals surface area contributed by atoms with E-state index in [1.807, 2.05) is 60.7 Å². The van der Waals surface area contributed by atoms with Crippen molar-refractivity contribution in [1.82, 2.24) is 10.6 Å². The molecule has 0 saturated heterocycles. The van der Waals surface area contributed by atoms with E-state index in [0.29, 0.717) is 0 Å². The van der Waals surface area contributed by atoms with E-state index >= 15 is 0 Å². The fraction of sp³-hybridized carbons (Fsp3) is 0.333. The molecule has 156 valence electrons. The number of carbonyl (C=O) groups is 2. The number of amides is 2. The lowest BCUT2D eigenvalue weighted by Crippen LogP contribution is -2.44. The second-order valence-corrected chi connectivity index (χ2v) is 6.20. The Morgan fingerprint density at radius 1 is 0.862 bits per heavy atom. The molecule has 2 aromatic carbocycles. The number of alkyl carbamates (subject to hydrolysis) is 2. The summed E-state index contributed by atoms with van der Waals surface area (Å²) >= 11 is 0. The molecule has 0 aliphatic carbocycles. The largest absolute Gasteiger partial charge is 0.445 e. The normalized spacial score (nSPS) is 11.3. The van der Waals surface area contributed by atoms with E-state index in [9.17, 15) is 9.59 Å². The van der Waals surface area contributed by atoms with Crippen molar-refractivity contribution in [3.63, 3.8) is 0 Å². The van der Waals surface area contributed by atoms with Crippen molar-refractivity contribution in [3.05, 3.63) is 71.8 Å². The molecule has 0 saturated carbocycles. The molecule has 0 aliphatic heterocycles. The minimum absolute atomic E-state index is 0.180. The third-order valence-corrected chi connectivity index (χ3v) is 3.87. The van der Waals surface area contributed by atoms with E-state index in [0.717, 1.165) is 11.1 Å². The monoisotopic (exact) mass is 401 g/mol. The fourth-order valence-electron chi connectivity index (χ4n) is 2.33. The molecule has 1 atom stereocenters. The maximum absolute atomic E-state index is 11.8. The number of ether oxygens (including phenoxy) is 3. The second-order valence-electron chi connectivity index (χ2n) is 6.20. The van der Waals surface area contributed by atoms with Crippen LogP contribution in [-0.2, 0) is 27.4 Å². The first-order valence-corrected chi connectivity index (χ1v) is 9.37. The van der Waals surface area contributed by atoms with Crippen LogP contribution in [0.3, 0.4) is 0 Å². The van der Waals surface area contributed by atoms with Gasteiger partial charge in [-0.3, -0.25) is 0 Å². The Bertz CT molecular complexity index is 728. The summed E-state index contributed by atoms with van der Waals surface area (Å²) in [6.07, 6.45) is -1.08. The highest BCUT2D eigenvalue weighted by atomic mass is 16.6. The average molecular weight is 401 g/mol. The molecule has 0 unspecified atom stereocenters. The van der Waals surface area contributed by atoms with E-state index in [2.05, 4.69) is 10.6 Å². The molecule has 0 bridgehead atoms. The number of hydrogen-bond donors (Lipinski definition) is 3. The van der Waals surface area contributed by atoms with Crippen LogP contribution in [0.1, 0.15) is 11.1 Å². The van der Waals surface area contributed by atoms with E-state index in [-0.39, 0.29) is 45.6 Å². The van der Waals surface area contributed by atoms with Gasteiger partial charge in [-0.05, 0) is 11.1 Å². The van der Waals surface area contributed by atoms with E-state index < -0.39 is 12.2 Å². The van der Waals surface area contributed by atoms with Crippen molar-refractivity contribution in [2.24, 2.45) is 5.73 Å². The van der Waals surface area contributed by atoms with Gasteiger partial charge in [-0.2, -0.15) is 0 Å². The van der Waals surface area contributed by atoms with Gasteiger partial charge >= 0.3 is 12.2 Å². The Balaban J connectivity index is 1.53. The second kappa shape index (κ2) is 13.1. The van der Waals surface area contributed by atoms with Crippen molar-refractivity contribution in [1.29, 1.82) is 0 Å². The maximum Gasteiger partial charge on any atom is 0.407 e. The first kappa shape index (κ1) is 22.2. The summed E-state index contributed by atoms with van der Waals surface area (Å²) in [5.74, 6) is 0. The third-order valence-electron chi connectivity index (χ3n) is 3.87. The van der Waals surface area contributed by atoms with Crippen LogP contribution in [0.5, 0.6) is 0 Å². The Morgan fingerprint density at radius 2 is 1.41 bits per heavy atom. The Hall–Kier alpha value is -3.10. The van der Waals surface area contributed by atoms with Crippen molar-refractivity contribution in [2.45, 2.75) is 19.3 Å². The van der Waals surface area contributed by atoms with Gasteiger partial charge in [0, 0.05) is 13.1 Å². The third kappa shape index (κ3) is 9.59. The predicted octanol–water partition coefficient (Wildman–Crippen LogP) is 2.18. The van der Waals surface area contributed by atoms with Gasteiger partial charge in [0.2, 0.25) is 0 Å². The molecular formula is C21H27N3O5. The summed E-state index contributed by atoms with van der Waals surface area (Å²) in [5.41, 5.74) is 7.45. The molecule has 2 aromatic rings. The van der Waals surface area contributed by atoms with Gasteiger partial charge < -0.3 is 30.6 Å². The molecule has 2 rings (SSSR count). The molecule has 0 fully saturated rings. The first-order valence-electron chi connectivity index (χ1n) is 9.37. The summed E-state index contributed by atoms with van der Waals surface area (Å²) in [6.45, 7) is 1.34. The number of nitrogens with one attached hydrogen (secondary N) is 2. The van der Waals surface area contributed by atoms with Gasteiger partial charge in [0.05, 0.1) is 19.3 Å². The highest BCUT2D eigenvalue weighted by Gasteiger charge is 2.12. The summed E-state index contributed by atoms with van der Waals surface area (Å²) in [4.78, 5) is 23.5. The standard InChI is InChI=1S/C21H27N3O5/c22-13-19(24-21(26)29-15-18-9-5-2-6-10-18)16-27-12-11-23-20(25)28-14-17-7-3-1-4-8-17/h1-10,19H,11-16,22H2,(H,23,25)(H,24,26)/t19-/m1/s1. The summed E-state index contributed by atoms with van der Waals surface area (Å²) in [5, 5.41) is 5.25. The number of nitrogens with two attached hydrogens (primary N) is 1. The number of rotatable bonds is 11. The van der Waals surface area contributed by atoms with E-state index in [1.54, 1.807) is 0 Å². The van der Waals surface area contributed by atoms with Crippen LogP contribution in [0.2, 0.25) is 0 Å². The van der Waals surface area contributed by atoms with Crippen LogP contribution in [0.4, 0.5) is 9.59 Å². The predicted molar refractivity (Wildman–Crippen MR) is 108 cm³/mol. The Morgan fingerprint density at radius 3 is 1.97 bits per heavy atom. The van der Waals surface area contributed by atoms with Crippen LogP contribution < -0.4 is 16.4 Å². The molecule has 4 N–H and O–H groups in total. The van der Waals surface area contributed by atoms with Crippen LogP contribution in [0.25, 0.3) is 0 Å². The molecular weight excluding hydrogens is 374 g/mol. The summed E-state index contributed by atoms with van der Waals surface area (Å²) in [6, 6.07) is 18.4. The summed E-state index contributed by atoms with van der Waals surface area (Å²) in [7, 11) is 0. The zero-order chi connectivity index (χ0) is 20.7. The number of carbonyl (C=O) groups excluding carboxylic acids is 2. The van der Waals surface area contributed by atoms with Gasteiger partial charge in [0.25, 0.3) is 0 Å². The molecule has 8 heteroatoms. The molecule has 0 aliphatic rings. The van der Waals surface area contributed by atoms with Crippen molar-refractivity contribution < 1.29 is 23.8 Å². The molecule has 2 amide bonds. The molecule has 29 heavy (non-hydrogen) atoms. The minimum Gasteiger partial charge on any atom is -0.445 e. The molecule has 0 aromatic heterocycles. The van der Waals surface area contributed by atoms with Crippen LogP contribution in [0.15, 0.2) is 60.7 Å². The molecule has 0 heterocycles. The van der Waals surface area contributed by atoms with Crippen molar-refractivity contribution >= 4 is 12.2 Å². The van der Waals surface area contributed by atoms with Gasteiger partial charge in [-0.1, -0.05) is 60.7 Å². The van der Waals surface area contributed by atoms with Crippen LogP contribution in [0, 0.1) is 0 Å². The van der Waals surface area contributed by atoms with Crippen molar-refractivity contribution in [2.75, 3.05) is 26.3 Å². The first-order chi connectivity index (χ1) is 14.2. The average Bonchev–Trinajstić information content (AvgIpc) is 2.76. The molecule has 0 spiro atoms. The Kier molecular flexibility index (Phi) is 10.1. The SMILES string of the molecule is NC[C@H](COCCNC(=O)OCc1ccccc1)NC(=O)OCc1ccccc1. The lowest BCUT2D eigenvalue weighted by atomic mass is 10.2. The molecule has 8 nitrogen and oxygen atoms in total. The molecule has 0 radical (unpaired) electrons. The number of benzene rings is 2. The fourth-order valence-corrected chi connectivity index (χ4v) is 2.33. The van der Waals surface area contributed by atoms with Crippen molar-refractivity contribution in [3.8, 4) is 0 Å². The van der Waals surface area contributed by atoms with E-state index in [4.69, 9.17) is 19.9 Å². The highest BCUT2D eigenvalue weighted by molar-refractivity contribution is 5.67. The number of hydrogen-bond acceptors (Lipinski definition) is 6. The topological polar surface area (TPSA) is 112 Å². The van der Waals surface area contributed by atoms with Gasteiger partial charge in [0.15, 0.2) is 0 Å². The van der Waals surface area contributed by atoms with E-state index in [1.165, 1.54) is 0 Å². The zero-order valence-corrected chi connectivity index (χ0v) is 16.2.